The van der Waals surface area contributed by atoms with Gasteiger partial charge in [-0.15, -0.1) is 0 Å². The fraction of sp³-hybridized carbons (Fsp3) is 0.375. The number of fused-ring (bicyclic) bond motifs is 1. The van der Waals surface area contributed by atoms with Crippen molar-refractivity contribution >= 4 is 10.8 Å². The highest BCUT2D eigenvalue weighted by atomic mass is 16.7. The molecule has 0 bridgehead atoms. The van der Waals surface area contributed by atoms with Gasteiger partial charge in [-0.2, -0.15) is 0 Å². The van der Waals surface area contributed by atoms with Gasteiger partial charge in [-0.1, -0.05) is 29.8 Å². The van der Waals surface area contributed by atoms with Crippen LogP contribution in [0.15, 0.2) is 36.4 Å². The molecule has 1 fully saturated rings. The first kappa shape index (κ1) is 13.4. The van der Waals surface area contributed by atoms with Gasteiger partial charge >= 0.3 is 0 Å². The van der Waals surface area contributed by atoms with Crippen LogP contribution in [0, 0.1) is 6.92 Å². The second kappa shape index (κ2) is 5.40. The Bertz CT molecular complexity index is 608. The number of hydrogen-bond acceptors (Lipinski definition) is 4. The average molecular weight is 273 g/mol. The maximum atomic E-state index is 5.97. The van der Waals surface area contributed by atoms with E-state index in [2.05, 4.69) is 31.2 Å². The van der Waals surface area contributed by atoms with Crippen LogP contribution in [0.3, 0.4) is 0 Å². The standard InChI is InChI=1S/C16H19NO3/c1-12-2-3-14-7-15(5-4-13(14)6-12)20-11-19-10-16(17)8-18-9-16/h2-7H,8-11,17H2,1H3. The fourth-order valence-electron chi connectivity index (χ4n) is 2.24. The average Bonchev–Trinajstić information content (AvgIpc) is 2.41. The predicted molar refractivity (Wildman–Crippen MR) is 77.9 cm³/mol. The second-order valence-electron chi connectivity index (χ2n) is 5.48. The van der Waals surface area contributed by atoms with Gasteiger partial charge in [0.05, 0.1) is 25.4 Å². The minimum Gasteiger partial charge on any atom is -0.468 e. The van der Waals surface area contributed by atoms with E-state index in [9.17, 15) is 0 Å². The van der Waals surface area contributed by atoms with Crippen molar-refractivity contribution in [3.05, 3.63) is 42.0 Å². The van der Waals surface area contributed by atoms with E-state index in [1.165, 1.54) is 10.9 Å². The summed E-state index contributed by atoms with van der Waals surface area (Å²) in [5.74, 6) is 0.803. The van der Waals surface area contributed by atoms with Crippen LogP contribution in [-0.2, 0) is 9.47 Å². The third-order valence-electron chi connectivity index (χ3n) is 3.44. The van der Waals surface area contributed by atoms with Crippen molar-refractivity contribution in [3.8, 4) is 5.75 Å². The highest BCUT2D eigenvalue weighted by molar-refractivity contribution is 5.84. The molecule has 0 aromatic heterocycles. The first-order valence-corrected chi connectivity index (χ1v) is 6.72. The number of hydrogen-bond donors (Lipinski definition) is 1. The smallest absolute Gasteiger partial charge is 0.189 e. The van der Waals surface area contributed by atoms with E-state index in [1.807, 2.05) is 12.1 Å². The Labute approximate surface area is 118 Å². The minimum atomic E-state index is -0.329. The molecule has 0 amide bonds. The Kier molecular flexibility index (Phi) is 3.61. The van der Waals surface area contributed by atoms with Crippen molar-refractivity contribution in [1.82, 2.24) is 0 Å². The van der Waals surface area contributed by atoms with Gasteiger partial charge in [0.25, 0.3) is 0 Å². The Morgan fingerprint density at radius 3 is 2.65 bits per heavy atom. The normalized spacial score (nSPS) is 16.9. The molecular weight excluding hydrogens is 254 g/mol. The van der Waals surface area contributed by atoms with Crippen LogP contribution in [0.25, 0.3) is 10.8 Å². The van der Waals surface area contributed by atoms with E-state index in [4.69, 9.17) is 19.9 Å². The lowest BCUT2D eigenvalue weighted by molar-refractivity contribution is -0.109. The Morgan fingerprint density at radius 1 is 1.15 bits per heavy atom. The van der Waals surface area contributed by atoms with E-state index < -0.39 is 0 Å². The van der Waals surface area contributed by atoms with Crippen LogP contribution in [0.4, 0.5) is 0 Å². The first-order chi connectivity index (χ1) is 9.65. The third-order valence-corrected chi connectivity index (χ3v) is 3.44. The van der Waals surface area contributed by atoms with Gasteiger partial charge in [0.1, 0.15) is 5.75 Å². The van der Waals surface area contributed by atoms with Crippen molar-refractivity contribution in [1.29, 1.82) is 0 Å². The lowest BCUT2D eigenvalue weighted by atomic mass is 10.0. The van der Waals surface area contributed by atoms with Crippen LogP contribution in [0.5, 0.6) is 5.75 Å². The number of nitrogens with two attached hydrogens (primary N) is 1. The van der Waals surface area contributed by atoms with Gasteiger partial charge < -0.3 is 19.9 Å². The van der Waals surface area contributed by atoms with Gasteiger partial charge in [-0.25, -0.2) is 0 Å². The summed E-state index contributed by atoms with van der Waals surface area (Å²) in [6.07, 6.45) is 0. The molecule has 0 unspecified atom stereocenters. The topological polar surface area (TPSA) is 53.7 Å². The zero-order valence-electron chi connectivity index (χ0n) is 11.6. The first-order valence-electron chi connectivity index (χ1n) is 6.72. The molecule has 106 valence electrons. The molecule has 2 aromatic carbocycles. The van der Waals surface area contributed by atoms with Crippen molar-refractivity contribution in [2.24, 2.45) is 5.73 Å². The van der Waals surface area contributed by atoms with Crippen molar-refractivity contribution in [2.45, 2.75) is 12.5 Å². The van der Waals surface area contributed by atoms with E-state index in [0.29, 0.717) is 19.8 Å². The molecule has 4 heteroatoms. The summed E-state index contributed by atoms with van der Waals surface area (Å²) < 4.78 is 16.1. The summed E-state index contributed by atoms with van der Waals surface area (Å²) in [7, 11) is 0. The summed E-state index contributed by atoms with van der Waals surface area (Å²) in [6.45, 7) is 3.87. The van der Waals surface area contributed by atoms with E-state index in [0.717, 1.165) is 11.1 Å². The molecule has 20 heavy (non-hydrogen) atoms. The third kappa shape index (κ3) is 2.93. The van der Waals surface area contributed by atoms with Crippen LogP contribution < -0.4 is 10.5 Å². The van der Waals surface area contributed by atoms with Crippen LogP contribution >= 0.6 is 0 Å². The number of benzene rings is 2. The molecule has 0 saturated carbocycles. The van der Waals surface area contributed by atoms with Crippen molar-refractivity contribution in [2.75, 3.05) is 26.6 Å². The van der Waals surface area contributed by atoms with Crippen LogP contribution in [-0.4, -0.2) is 32.2 Å². The molecular formula is C16H19NO3. The van der Waals surface area contributed by atoms with Gasteiger partial charge in [-0.3, -0.25) is 0 Å². The molecule has 2 N–H and O–H groups in total. The Balaban J connectivity index is 1.56. The molecule has 0 aliphatic carbocycles. The molecule has 1 saturated heterocycles. The van der Waals surface area contributed by atoms with Crippen molar-refractivity contribution < 1.29 is 14.2 Å². The summed E-state index contributed by atoms with van der Waals surface area (Å²) in [5, 5.41) is 2.38. The maximum Gasteiger partial charge on any atom is 0.189 e. The highest BCUT2D eigenvalue weighted by Crippen LogP contribution is 2.22. The van der Waals surface area contributed by atoms with Crippen LogP contribution in [0.1, 0.15) is 5.56 Å². The lowest BCUT2D eigenvalue weighted by Crippen LogP contribution is -2.60. The molecule has 0 radical (unpaired) electrons. The number of ether oxygens (including phenoxy) is 3. The summed E-state index contributed by atoms with van der Waals surface area (Å²) >= 11 is 0. The zero-order valence-corrected chi connectivity index (χ0v) is 11.6. The van der Waals surface area contributed by atoms with E-state index in [-0.39, 0.29) is 12.3 Å². The molecule has 4 nitrogen and oxygen atoms in total. The highest BCUT2D eigenvalue weighted by Gasteiger charge is 2.34. The predicted octanol–water partition coefficient (Wildman–Crippen LogP) is 2.23. The van der Waals surface area contributed by atoms with Gasteiger partial charge in [0.15, 0.2) is 6.79 Å². The molecule has 1 aliphatic rings. The maximum absolute atomic E-state index is 5.97. The van der Waals surface area contributed by atoms with Gasteiger partial charge in [-0.05, 0) is 29.8 Å². The van der Waals surface area contributed by atoms with Gasteiger partial charge in [0, 0.05) is 0 Å². The summed E-state index contributed by atoms with van der Waals surface area (Å²) in [5.41, 5.74) is 6.89. The quantitative estimate of drug-likeness (QED) is 0.670. The minimum absolute atomic E-state index is 0.205. The summed E-state index contributed by atoms with van der Waals surface area (Å²) in [4.78, 5) is 0. The number of rotatable bonds is 5. The zero-order chi connectivity index (χ0) is 14.0. The molecule has 2 aromatic rings. The second-order valence-corrected chi connectivity index (χ2v) is 5.48. The lowest BCUT2D eigenvalue weighted by Gasteiger charge is -2.37. The SMILES string of the molecule is Cc1ccc2cc(OCOCC3(N)COC3)ccc2c1. The van der Waals surface area contributed by atoms with Crippen LogP contribution in [0.2, 0.25) is 0 Å². The molecule has 1 aliphatic heterocycles. The monoisotopic (exact) mass is 273 g/mol. The Hall–Kier alpha value is -1.62. The molecule has 0 spiro atoms. The molecule has 3 rings (SSSR count). The van der Waals surface area contributed by atoms with Gasteiger partial charge in [0.2, 0.25) is 0 Å². The number of aryl methyl sites for hydroxylation is 1. The fourth-order valence-corrected chi connectivity index (χ4v) is 2.24. The molecule has 0 atom stereocenters. The Morgan fingerprint density at radius 2 is 1.90 bits per heavy atom. The largest absolute Gasteiger partial charge is 0.468 e. The van der Waals surface area contributed by atoms with Crippen molar-refractivity contribution in [3.63, 3.8) is 0 Å². The molecule has 1 heterocycles. The van der Waals surface area contributed by atoms with E-state index in [1.54, 1.807) is 0 Å². The summed E-state index contributed by atoms with van der Waals surface area (Å²) in [6, 6.07) is 12.4. The van der Waals surface area contributed by atoms with E-state index >= 15 is 0 Å².